The second-order valence-corrected chi connectivity index (χ2v) is 4.96. The SMILES string of the molecule is O=C(NCCCOCC1CC1)c1ccoc1Br. The van der Waals surface area contributed by atoms with E-state index in [4.69, 9.17) is 9.15 Å². The van der Waals surface area contributed by atoms with Gasteiger partial charge in [0.1, 0.15) is 0 Å². The van der Waals surface area contributed by atoms with Gasteiger partial charge in [0.15, 0.2) is 4.67 Å². The Hall–Kier alpha value is -0.810. The number of amides is 1. The number of nitrogens with one attached hydrogen (secondary N) is 1. The van der Waals surface area contributed by atoms with Gasteiger partial charge >= 0.3 is 0 Å². The first-order chi connectivity index (χ1) is 8.27. The van der Waals surface area contributed by atoms with Crippen molar-refractivity contribution in [3.05, 3.63) is 22.6 Å². The highest BCUT2D eigenvalue weighted by Gasteiger charge is 2.20. The summed E-state index contributed by atoms with van der Waals surface area (Å²) in [6, 6.07) is 1.64. The summed E-state index contributed by atoms with van der Waals surface area (Å²) < 4.78 is 10.9. The van der Waals surface area contributed by atoms with E-state index in [2.05, 4.69) is 21.2 Å². The van der Waals surface area contributed by atoms with Gasteiger partial charge in [-0.05, 0) is 47.2 Å². The molecule has 1 aromatic rings. The zero-order valence-electron chi connectivity index (χ0n) is 9.58. The minimum absolute atomic E-state index is 0.118. The van der Waals surface area contributed by atoms with Crippen LogP contribution in [-0.4, -0.2) is 25.7 Å². The quantitative estimate of drug-likeness (QED) is 0.788. The van der Waals surface area contributed by atoms with E-state index >= 15 is 0 Å². The average molecular weight is 302 g/mol. The lowest BCUT2D eigenvalue weighted by molar-refractivity contribution is 0.0935. The predicted molar refractivity (Wildman–Crippen MR) is 66.9 cm³/mol. The number of furan rings is 1. The van der Waals surface area contributed by atoms with Gasteiger partial charge in [-0.2, -0.15) is 0 Å². The number of carbonyl (C=O) groups excluding carboxylic acids is 1. The lowest BCUT2D eigenvalue weighted by Crippen LogP contribution is -2.25. The highest BCUT2D eigenvalue weighted by Crippen LogP contribution is 2.28. The second-order valence-electron chi connectivity index (χ2n) is 4.24. The molecule has 1 aliphatic rings. The second kappa shape index (κ2) is 6.21. The van der Waals surface area contributed by atoms with Gasteiger partial charge in [-0.25, -0.2) is 0 Å². The molecule has 0 atom stereocenters. The number of ether oxygens (including phenoxy) is 1. The lowest BCUT2D eigenvalue weighted by Gasteiger charge is -2.05. The fraction of sp³-hybridized carbons (Fsp3) is 0.583. The summed E-state index contributed by atoms with van der Waals surface area (Å²) in [5.74, 6) is 0.680. The number of rotatable bonds is 7. The Morgan fingerprint density at radius 2 is 2.41 bits per heavy atom. The van der Waals surface area contributed by atoms with Crippen LogP contribution in [-0.2, 0) is 4.74 Å². The number of hydrogen-bond donors (Lipinski definition) is 1. The van der Waals surface area contributed by atoms with Crippen molar-refractivity contribution in [1.29, 1.82) is 0 Å². The number of hydrogen-bond acceptors (Lipinski definition) is 3. The van der Waals surface area contributed by atoms with E-state index in [1.165, 1.54) is 19.1 Å². The molecule has 1 heterocycles. The monoisotopic (exact) mass is 301 g/mol. The van der Waals surface area contributed by atoms with Gasteiger partial charge in [0.25, 0.3) is 5.91 Å². The molecule has 0 radical (unpaired) electrons. The van der Waals surface area contributed by atoms with Gasteiger partial charge in [-0.3, -0.25) is 4.79 Å². The summed E-state index contributed by atoms with van der Waals surface area (Å²) in [4.78, 5) is 11.6. The Balaban J connectivity index is 1.55. The van der Waals surface area contributed by atoms with Crippen molar-refractivity contribution in [1.82, 2.24) is 5.32 Å². The van der Waals surface area contributed by atoms with E-state index in [-0.39, 0.29) is 5.91 Å². The van der Waals surface area contributed by atoms with Gasteiger partial charge in [-0.1, -0.05) is 0 Å². The summed E-state index contributed by atoms with van der Waals surface area (Å²) in [6.45, 7) is 2.21. The molecule has 2 rings (SSSR count). The molecule has 1 aliphatic carbocycles. The topological polar surface area (TPSA) is 51.5 Å². The van der Waals surface area contributed by atoms with Crippen molar-refractivity contribution in [2.45, 2.75) is 19.3 Å². The third-order valence-corrected chi connectivity index (χ3v) is 3.28. The van der Waals surface area contributed by atoms with Crippen LogP contribution in [0.25, 0.3) is 0 Å². The number of halogens is 1. The minimum Gasteiger partial charge on any atom is -0.457 e. The maximum Gasteiger partial charge on any atom is 0.255 e. The third kappa shape index (κ3) is 4.16. The Morgan fingerprint density at radius 1 is 1.59 bits per heavy atom. The molecule has 1 amide bonds. The molecule has 0 bridgehead atoms. The first-order valence-corrected chi connectivity index (χ1v) is 6.65. The van der Waals surface area contributed by atoms with Crippen molar-refractivity contribution < 1.29 is 13.9 Å². The summed E-state index contributed by atoms with van der Waals surface area (Å²) in [5, 5.41) is 2.82. The summed E-state index contributed by atoms with van der Waals surface area (Å²) >= 11 is 3.17. The van der Waals surface area contributed by atoms with Crippen LogP contribution in [0.1, 0.15) is 29.6 Å². The zero-order valence-corrected chi connectivity index (χ0v) is 11.2. The highest BCUT2D eigenvalue weighted by atomic mass is 79.9. The van der Waals surface area contributed by atoms with E-state index in [1.54, 1.807) is 6.07 Å². The van der Waals surface area contributed by atoms with E-state index in [0.717, 1.165) is 18.9 Å². The van der Waals surface area contributed by atoms with Crippen LogP contribution in [0.3, 0.4) is 0 Å². The van der Waals surface area contributed by atoms with E-state index in [0.29, 0.717) is 23.4 Å². The van der Waals surface area contributed by atoms with Crippen molar-refractivity contribution in [2.75, 3.05) is 19.8 Å². The van der Waals surface area contributed by atoms with E-state index in [1.807, 2.05) is 0 Å². The molecule has 0 spiro atoms. The molecule has 0 saturated heterocycles. The lowest BCUT2D eigenvalue weighted by atomic mass is 10.3. The summed E-state index contributed by atoms with van der Waals surface area (Å²) in [6.07, 6.45) is 4.95. The first kappa shape index (κ1) is 12.6. The molecule has 1 aromatic heterocycles. The highest BCUT2D eigenvalue weighted by molar-refractivity contribution is 9.10. The zero-order chi connectivity index (χ0) is 12.1. The van der Waals surface area contributed by atoms with Crippen LogP contribution >= 0.6 is 15.9 Å². The molecular weight excluding hydrogens is 286 g/mol. The van der Waals surface area contributed by atoms with Gasteiger partial charge in [0.05, 0.1) is 11.8 Å². The van der Waals surface area contributed by atoms with Crippen molar-refractivity contribution in [3.8, 4) is 0 Å². The van der Waals surface area contributed by atoms with Crippen LogP contribution in [0.5, 0.6) is 0 Å². The molecule has 1 fully saturated rings. The Bertz CT molecular complexity index is 374. The average Bonchev–Trinajstić information content (AvgIpc) is 3.04. The van der Waals surface area contributed by atoms with Gasteiger partial charge < -0.3 is 14.5 Å². The molecule has 0 aliphatic heterocycles. The van der Waals surface area contributed by atoms with E-state index in [9.17, 15) is 4.79 Å². The summed E-state index contributed by atoms with van der Waals surface area (Å²) in [7, 11) is 0. The Morgan fingerprint density at radius 3 is 3.06 bits per heavy atom. The Labute approximate surface area is 109 Å². The standard InChI is InChI=1S/C12H16BrNO3/c13-11-10(4-7-17-11)12(15)14-5-1-6-16-8-9-2-3-9/h4,7,9H,1-3,5-6,8H2,(H,14,15). The van der Waals surface area contributed by atoms with Crippen LogP contribution in [0.2, 0.25) is 0 Å². The molecule has 5 heteroatoms. The largest absolute Gasteiger partial charge is 0.457 e. The first-order valence-electron chi connectivity index (χ1n) is 5.86. The van der Waals surface area contributed by atoms with Crippen molar-refractivity contribution in [2.24, 2.45) is 5.92 Å². The molecule has 1 N–H and O–H groups in total. The fourth-order valence-electron chi connectivity index (χ4n) is 1.46. The minimum atomic E-state index is -0.118. The molecule has 17 heavy (non-hydrogen) atoms. The maximum absolute atomic E-state index is 11.6. The fourth-order valence-corrected chi connectivity index (χ4v) is 1.88. The van der Waals surface area contributed by atoms with Crippen LogP contribution in [0.15, 0.2) is 21.4 Å². The van der Waals surface area contributed by atoms with Gasteiger partial charge in [0.2, 0.25) is 0 Å². The van der Waals surface area contributed by atoms with Crippen molar-refractivity contribution >= 4 is 21.8 Å². The molecule has 0 unspecified atom stereocenters. The number of carbonyl (C=O) groups is 1. The molecule has 4 nitrogen and oxygen atoms in total. The normalized spacial score (nSPS) is 14.9. The van der Waals surface area contributed by atoms with E-state index < -0.39 is 0 Å². The molecule has 0 aromatic carbocycles. The maximum atomic E-state index is 11.6. The van der Waals surface area contributed by atoms with Gasteiger partial charge in [0, 0.05) is 19.8 Å². The molecule has 94 valence electrons. The molecular formula is C12H16BrNO3. The Kier molecular flexibility index (Phi) is 4.62. The van der Waals surface area contributed by atoms with Gasteiger partial charge in [-0.15, -0.1) is 0 Å². The third-order valence-electron chi connectivity index (χ3n) is 2.66. The summed E-state index contributed by atoms with van der Waals surface area (Å²) in [5.41, 5.74) is 0.531. The van der Waals surface area contributed by atoms with Crippen LogP contribution < -0.4 is 5.32 Å². The van der Waals surface area contributed by atoms with Crippen LogP contribution in [0, 0.1) is 5.92 Å². The predicted octanol–water partition coefficient (Wildman–Crippen LogP) is 2.59. The van der Waals surface area contributed by atoms with Crippen LogP contribution in [0.4, 0.5) is 0 Å². The van der Waals surface area contributed by atoms with Crippen molar-refractivity contribution in [3.63, 3.8) is 0 Å². The molecule has 1 saturated carbocycles. The smallest absolute Gasteiger partial charge is 0.255 e.